The van der Waals surface area contributed by atoms with Crippen LogP contribution >= 0.6 is 0 Å². The Balaban J connectivity index is 2.36. The van der Waals surface area contributed by atoms with Crippen LogP contribution in [-0.4, -0.2) is 6.54 Å². The summed E-state index contributed by atoms with van der Waals surface area (Å²) in [5.41, 5.74) is 9.51. The first-order valence-electron chi connectivity index (χ1n) is 4.46. The molecule has 12 heavy (non-hydrogen) atoms. The molecule has 0 aliphatic carbocycles. The summed E-state index contributed by atoms with van der Waals surface area (Å²) < 4.78 is 0. The van der Waals surface area contributed by atoms with Crippen LogP contribution in [0.3, 0.4) is 0 Å². The summed E-state index contributed by atoms with van der Waals surface area (Å²) in [7, 11) is 0. The number of fused-ring (bicyclic) bond motifs is 1. The first kappa shape index (κ1) is 7.62. The van der Waals surface area contributed by atoms with Gasteiger partial charge in [-0.2, -0.15) is 0 Å². The molecule has 0 spiro atoms. The van der Waals surface area contributed by atoms with E-state index in [4.69, 9.17) is 5.73 Å². The van der Waals surface area contributed by atoms with Crippen molar-refractivity contribution < 1.29 is 0 Å². The highest BCUT2D eigenvalue weighted by Gasteiger charge is 2.07. The number of rotatable bonds is 1. The Hall–Kier alpha value is -1.02. The zero-order valence-corrected chi connectivity index (χ0v) is 7.14. The smallest absolute Gasteiger partial charge is 0.0372 e. The van der Waals surface area contributed by atoms with Gasteiger partial charge in [0.15, 0.2) is 0 Å². The number of benzene rings is 1. The van der Waals surface area contributed by atoms with Gasteiger partial charge in [0, 0.05) is 18.8 Å². The lowest BCUT2D eigenvalue weighted by Crippen LogP contribution is -2.12. The number of nitrogens with one attached hydrogen (secondary N) is 1. The van der Waals surface area contributed by atoms with Crippen molar-refractivity contribution in [1.82, 2.24) is 0 Å². The van der Waals surface area contributed by atoms with Gasteiger partial charge in [0.05, 0.1) is 0 Å². The van der Waals surface area contributed by atoms with E-state index in [-0.39, 0.29) is 0 Å². The third kappa shape index (κ3) is 1.30. The van der Waals surface area contributed by atoms with Crippen molar-refractivity contribution in [1.29, 1.82) is 0 Å². The molecule has 0 saturated heterocycles. The normalized spacial score (nSPS) is 15.1. The molecule has 0 radical (unpaired) electrons. The predicted octanol–water partition coefficient (Wildman–Crippen LogP) is 1.50. The van der Waals surface area contributed by atoms with E-state index in [9.17, 15) is 0 Å². The molecule has 2 nitrogen and oxygen atoms in total. The molecule has 0 amide bonds. The molecule has 3 N–H and O–H groups in total. The highest BCUT2D eigenvalue weighted by molar-refractivity contribution is 5.54. The SMILES string of the molecule is NCc1ccc2c(c1)CCCN2. The fourth-order valence-electron chi connectivity index (χ4n) is 1.66. The maximum absolute atomic E-state index is 5.56. The number of aryl methyl sites for hydroxylation is 1. The number of hydrogen-bond acceptors (Lipinski definition) is 2. The maximum atomic E-state index is 5.56. The van der Waals surface area contributed by atoms with Gasteiger partial charge in [0.1, 0.15) is 0 Å². The summed E-state index contributed by atoms with van der Waals surface area (Å²) >= 11 is 0. The lowest BCUT2D eigenvalue weighted by molar-refractivity contribution is 0.827. The van der Waals surface area contributed by atoms with Gasteiger partial charge >= 0.3 is 0 Å². The molecule has 1 aliphatic heterocycles. The predicted molar refractivity (Wildman–Crippen MR) is 51.1 cm³/mol. The van der Waals surface area contributed by atoms with Crippen LogP contribution in [0.1, 0.15) is 17.5 Å². The average molecular weight is 162 g/mol. The molecule has 1 aliphatic rings. The molecular weight excluding hydrogens is 148 g/mol. The molecule has 0 unspecified atom stereocenters. The summed E-state index contributed by atoms with van der Waals surface area (Å²) in [5, 5.41) is 3.37. The second kappa shape index (κ2) is 3.15. The summed E-state index contributed by atoms with van der Waals surface area (Å²) in [6, 6.07) is 6.44. The molecule has 0 aromatic heterocycles. The molecule has 2 heteroatoms. The van der Waals surface area contributed by atoms with Gasteiger partial charge in [-0.3, -0.25) is 0 Å². The van der Waals surface area contributed by atoms with Gasteiger partial charge in [0.25, 0.3) is 0 Å². The van der Waals surface area contributed by atoms with E-state index in [2.05, 4.69) is 23.5 Å². The highest BCUT2D eigenvalue weighted by atomic mass is 14.9. The van der Waals surface area contributed by atoms with Crippen molar-refractivity contribution in [2.24, 2.45) is 5.73 Å². The van der Waals surface area contributed by atoms with Crippen LogP contribution in [-0.2, 0) is 13.0 Å². The van der Waals surface area contributed by atoms with Crippen LogP contribution in [0.5, 0.6) is 0 Å². The zero-order valence-electron chi connectivity index (χ0n) is 7.14. The molecular formula is C10H14N2. The second-order valence-electron chi connectivity index (χ2n) is 3.23. The highest BCUT2D eigenvalue weighted by Crippen LogP contribution is 2.22. The Labute approximate surface area is 72.8 Å². The fourth-order valence-corrected chi connectivity index (χ4v) is 1.66. The van der Waals surface area contributed by atoms with E-state index in [1.165, 1.54) is 29.7 Å². The third-order valence-corrected chi connectivity index (χ3v) is 2.34. The molecule has 0 bridgehead atoms. The average Bonchev–Trinajstić information content (AvgIpc) is 2.17. The molecule has 0 saturated carbocycles. The third-order valence-electron chi connectivity index (χ3n) is 2.34. The van der Waals surface area contributed by atoms with E-state index in [1.807, 2.05) is 0 Å². The quantitative estimate of drug-likeness (QED) is 0.656. The Morgan fingerprint density at radius 2 is 2.33 bits per heavy atom. The molecule has 2 rings (SSSR count). The van der Waals surface area contributed by atoms with E-state index in [1.54, 1.807) is 0 Å². The summed E-state index contributed by atoms with van der Waals surface area (Å²) in [6.07, 6.45) is 2.43. The zero-order chi connectivity index (χ0) is 8.39. The van der Waals surface area contributed by atoms with Crippen LogP contribution in [0.15, 0.2) is 18.2 Å². The van der Waals surface area contributed by atoms with Gasteiger partial charge in [-0.05, 0) is 30.0 Å². The van der Waals surface area contributed by atoms with Crippen molar-refractivity contribution in [3.8, 4) is 0 Å². The Morgan fingerprint density at radius 3 is 3.17 bits per heavy atom. The number of nitrogens with two attached hydrogens (primary N) is 1. The largest absolute Gasteiger partial charge is 0.385 e. The van der Waals surface area contributed by atoms with Crippen molar-refractivity contribution in [2.45, 2.75) is 19.4 Å². The van der Waals surface area contributed by atoms with Crippen LogP contribution in [0, 0.1) is 0 Å². The Bertz CT molecular complexity index is 281. The van der Waals surface area contributed by atoms with E-state index < -0.39 is 0 Å². The number of hydrogen-bond donors (Lipinski definition) is 2. The minimum atomic E-state index is 0.646. The molecule has 1 heterocycles. The van der Waals surface area contributed by atoms with E-state index in [0.717, 1.165) is 6.54 Å². The second-order valence-corrected chi connectivity index (χ2v) is 3.23. The first-order chi connectivity index (χ1) is 5.90. The molecule has 1 aromatic rings. The van der Waals surface area contributed by atoms with Crippen LogP contribution < -0.4 is 11.1 Å². The van der Waals surface area contributed by atoms with E-state index >= 15 is 0 Å². The number of anilines is 1. The van der Waals surface area contributed by atoms with Crippen molar-refractivity contribution in [3.05, 3.63) is 29.3 Å². The summed E-state index contributed by atoms with van der Waals surface area (Å²) in [6.45, 7) is 1.75. The first-order valence-corrected chi connectivity index (χ1v) is 4.46. The van der Waals surface area contributed by atoms with Gasteiger partial charge in [-0.15, -0.1) is 0 Å². The van der Waals surface area contributed by atoms with E-state index in [0.29, 0.717) is 6.54 Å². The monoisotopic (exact) mass is 162 g/mol. The Kier molecular flexibility index (Phi) is 2.00. The lowest BCUT2D eigenvalue weighted by Gasteiger charge is -2.18. The summed E-state index contributed by atoms with van der Waals surface area (Å²) in [4.78, 5) is 0. The summed E-state index contributed by atoms with van der Waals surface area (Å²) in [5.74, 6) is 0. The van der Waals surface area contributed by atoms with Crippen LogP contribution in [0.4, 0.5) is 5.69 Å². The van der Waals surface area contributed by atoms with Crippen LogP contribution in [0.2, 0.25) is 0 Å². The van der Waals surface area contributed by atoms with Gasteiger partial charge in [-0.25, -0.2) is 0 Å². The van der Waals surface area contributed by atoms with Crippen molar-refractivity contribution >= 4 is 5.69 Å². The maximum Gasteiger partial charge on any atom is 0.0372 e. The van der Waals surface area contributed by atoms with Gasteiger partial charge < -0.3 is 11.1 Å². The minimum Gasteiger partial charge on any atom is -0.385 e. The van der Waals surface area contributed by atoms with Crippen LogP contribution in [0.25, 0.3) is 0 Å². The van der Waals surface area contributed by atoms with Gasteiger partial charge in [-0.1, -0.05) is 12.1 Å². The van der Waals surface area contributed by atoms with Crippen molar-refractivity contribution in [2.75, 3.05) is 11.9 Å². The lowest BCUT2D eigenvalue weighted by atomic mass is 10.0. The molecule has 1 aromatic carbocycles. The molecule has 64 valence electrons. The molecule has 0 fully saturated rings. The molecule has 0 atom stereocenters. The topological polar surface area (TPSA) is 38.0 Å². The van der Waals surface area contributed by atoms with Gasteiger partial charge in [0.2, 0.25) is 0 Å². The Morgan fingerprint density at radius 1 is 1.42 bits per heavy atom. The van der Waals surface area contributed by atoms with Crippen molar-refractivity contribution in [3.63, 3.8) is 0 Å². The standard InChI is InChI=1S/C10H14N2/c11-7-8-3-4-10-9(6-8)2-1-5-12-10/h3-4,6,12H,1-2,5,7,11H2. The fraction of sp³-hybridized carbons (Fsp3) is 0.400. The minimum absolute atomic E-state index is 0.646.